The van der Waals surface area contributed by atoms with Gasteiger partial charge < -0.3 is 15.1 Å². The van der Waals surface area contributed by atoms with Crippen LogP contribution in [0.3, 0.4) is 0 Å². The van der Waals surface area contributed by atoms with Gasteiger partial charge in [-0.2, -0.15) is 5.26 Å². The molecule has 1 unspecified atom stereocenters. The van der Waals surface area contributed by atoms with Gasteiger partial charge in [0.15, 0.2) is 0 Å². The number of amides is 1. The number of carboxylic acids is 1. The van der Waals surface area contributed by atoms with Crippen molar-refractivity contribution in [3.05, 3.63) is 35.4 Å². The molecular weight excluding hydrogens is 316 g/mol. The summed E-state index contributed by atoms with van der Waals surface area (Å²) in [4.78, 5) is 24.8. The Morgan fingerprint density at radius 3 is 2.52 bits per heavy atom. The van der Waals surface area contributed by atoms with E-state index in [4.69, 9.17) is 5.11 Å². The van der Waals surface area contributed by atoms with E-state index in [1.807, 2.05) is 13.8 Å². The minimum Gasteiger partial charge on any atom is -0.478 e. The van der Waals surface area contributed by atoms with E-state index in [1.165, 1.54) is 36.0 Å². The quantitative estimate of drug-likeness (QED) is 0.816. The Hall–Kier alpha value is -2.04. The maximum absolute atomic E-state index is 12.4. The lowest BCUT2D eigenvalue weighted by Crippen LogP contribution is -2.61. The Bertz CT molecular complexity index is 710. The lowest BCUT2D eigenvalue weighted by atomic mass is 9.85. The van der Waals surface area contributed by atoms with Crippen LogP contribution in [0.5, 0.6) is 0 Å². The zero-order chi connectivity index (χ0) is 16.9. The molecule has 2 aliphatic rings. The highest BCUT2D eigenvalue weighted by Crippen LogP contribution is 2.55. The van der Waals surface area contributed by atoms with Crippen LogP contribution in [-0.2, 0) is 4.79 Å². The Balaban J connectivity index is 1.82. The van der Waals surface area contributed by atoms with Crippen molar-refractivity contribution < 1.29 is 19.8 Å². The molecule has 0 spiro atoms. The molecular formula is C16H16N2O4S. The van der Waals surface area contributed by atoms with Gasteiger partial charge in [0.25, 0.3) is 0 Å². The third-order valence-corrected chi connectivity index (χ3v) is 6.04. The smallest absolute Gasteiger partial charge is 0.335 e. The number of aromatic carboxylic acids is 1. The zero-order valence-electron chi connectivity index (χ0n) is 12.6. The Morgan fingerprint density at radius 2 is 2.00 bits per heavy atom. The molecule has 2 fully saturated rings. The molecule has 7 heteroatoms. The zero-order valence-corrected chi connectivity index (χ0v) is 13.4. The first-order valence-corrected chi connectivity index (χ1v) is 8.07. The number of carbonyl (C=O) groups excluding carboxylic acids is 1. The summed E-state index contributed by atoms with van der Waals surface area (Å²) in [6, 6.07) is 7.54. The number of aliphatic hydroxyl groups excluding tert-OH is 1. The summed E-state index contributed by atoms with van der Waals surface area (Å²) < 4.78 is -0.378. The number of carbonyl (C=O) groups is 2. The molecule has 1 aromatic carbocycles. The highest BCUT2D eigenvalue weighted by atomic mass is 32.2. The van der Waals surface area contributed by atoms with E-state index in [1.54, 1.807) is 4.90 Å². The molecule has 23 heavy (non-hydrogen) atoms. The minimum absolute atomic E-state index is 0.128. The largest absolute Gasteiger partial charge is 0.478 e. The first-order chi connectivity index (χ1) is 10.8. The first-order valence-electron chi connectivity index (χ1n) is 7.19. The molecule has 1 aromatic rings. The van der Waals surface area contributed by atoms with Crippen LogP contribution in [0.15, 0.2) is 24.3 Å². The molecule has 2 aliphatic heterocycles. The maximum atomic E-state index is 12.4. The van der Waals surface area contributed by atoms with Crippen LogP contribution < -0.4 is 0 Å². The summed E-state index contributed by atoms with van der Waals surface area (Å²) in [6.07, 6.45) is -1.01. The molecule has 0 aromatic heterocycles. The number of thioether (sulfide) groups is 1. The number of aliphatic hydroxyl groups is 1. The SMILES string of the molecule is CC1(C)S[C@@H]2[C@@H](C(O)c3ccc(C(=O)O)cc3)C(=O)N2[C@H]1C#N. The fourth-order valence-corrected chi connectivity index (χ4v) is 4.83. The lowest BCUT2D eigenvalue weighted by molar-refractivity contribution is -0.159. The van der Waals surface area contributed by atoms with E-state index in [0.29, 0.717) is 5.56 Å². The van der Waals surface area contributed by atoms with E-state index in [0.717, 1.165) is 0 Å². The maximum Gasteiger partial charge on any atom is 0.335 e. The number of carboxylic acid groups (broad SMARTS) is 1. The molecule has 0 aliphatic carbocycles. The van der Waals surface area contributed by atoms with Gasteiger partial charge in [-0.05, 0) is 31.5 Å². The number of rotatable bonds is 3. The predicted molar refractivity (Wildman–Crippen MR) is 83.6 cm³/mol. The van der Waals surface area contributed by atoms with Crippen molar-refractivity contribution >= 4 is 23.6 Å². The van der Waals surface area contributed by atoms with Crippen LogP contribution in [0.1, 0.15) is 35.9 Å². The monoisotopic (exact) mass is 332 g/mol. The van der Waals surface area contributed by atoms with Crippen molar-refractivity contribution in [2.24, 2.45) is 5.92 Å². The molecule has 0 bridgehead atoms. The van der Waals surface area contributed by atoms with Crippen LogP contribution in [0.4, 0.5) is 0 Å². The van der Waals surface area contributed by atoms with Gasteiger partial charge >= 0.3 is 5.97 Å². The van der Waals surface area contributed by atoms with E-state index in [2.05, 4.69) is 6.07 Å². The summed E-state index contributed by atoms with van der Waals surface area (Å²) in [7, 11) is 0. The Kier molecular flexibility index (Phi) is 3.62. The van der Waals surface area contributed by atoms with Crippen molar-refractivity contribution in [3.63, 3.8) is 0 Å². The lowest BCUT2D eigenvalue weighted by Gasteiger charge is -2.45. The molecule has 6 nitrogen and oxygen atoms in total. The third-order valence-electron chi connectivity index (χ3n) is 4.44. The van der Waals surface area contributed by atoms with Gasteiger partial charge in [-0.3, -0.25) is 4.79 Å². The molecule has 2 saturated heterocycles. The summed E-state index contributed by atoms with van der Waals surface area (Å²) in [5, 5.41) is 28.5. The van der Waals surface area contributed by atoms with Crippen molar-refractivity contribution in [1.29, 1.82) is 5.26 Å². The van der Waals surface area contributed by atoms with Crippen LogP contribution in [0.2, 0.25) is 0 Å². The number of hydrogen-bond acceptors (Lipinski definition) is 5. The fraction of sp³-hybridized carbons (Fsp3) is 0.438. The summed E-state index contributed by atoms with van der Waals surface area (Å²) in [5.74, 6) is -1.87. The van der Waals surface area contributed by atoms with Gasteiger partial charge in [0.2, 0.25) is 5.91 Å². The van der Waals surface area contributed by atoms with Crippen LogP contribution in [0, 0.1) is 17.2 Å². The van der Waals surface area contributed by atoms with Crippen molar-refractivity contribution in [1.82, 2.24) is 4.90 Å². The van der Waals surface area contributed by atoms with E-state index in [9.17, 15) is 20.0 Å². The number of nitriles is 1. The van der Waals surface area contributed by atoms with Gasteiger partial charge in [-0.1, -0.05) is 12.1 Å². The number of β-lactam (4-membered cyclic amide) rings is 1. The average molecular weight is 332 g/mol. The molecule has 4 atom stereocenters. The molecule has 120 valence electrons. The second-order valence-electron chi connectivity index (χ2n) is 6.29. The predicted octanol–water partition coefficient (Wildman–Crippen LogP) is 1.62. The minimum atomic E-state index is -1.04. The standard InChI is InChI=1S/C16H16N2O4S/c1-16(2)10(7-17)18-13(20)11(14(18)23-16)12(19)8-3-5-9(6-4-8)15(21)22/h3-6,10-12,14,19H,1-2H3,(H,21,22)/t10-,11-,12?,14+/m0/s1. The summed E-state index contributed by atoms with van der Waals surface area (Å²) >= 11 is 1.52. The van der Waals surface area contributed by atoms with Crippen LogP contribution in [-0.4, -0.2) is 43.2 Å². The molecule has 2 N–H and O–H groups in total. The van der Waals surface area contributed by atoms with Gasteiger partial charge in [-0.25, -0.2) is 4.79 Å². The van der Waals surface area contributed by atoms with Crippen molar-refractivity contribution in [2.45, 2.75) is 36.1 Å². The number of nitrogens with zero attached hydrogens (tertiary/aromatic N) is 2. The fourth-order valence-electron chi connectivity index (χ4n) is 3.16. The van der Waals surface area contributed by atoms with E-state index >= 15 is 0 Å². The molecule has 2 heterocycles. The van der Waals surface area contributed by atoms with E-state index in [-0.39, 0.29) is 21.6 Å². The number of fused-ring (bicyclic) bond motifs is 1. The highest BCUT2D eigenvalue weighted by molar-refractivity contribution is 8.01. The second-order valence-corrected chi connectivity index (χ2v) is 8.06. The third kappa shape index (κ3) is 2.30. The highest BCUT2D eigenvalue weighted by Gasteiger charge is 2.63. The molecule has 0 radical (unpaired) electrons. The molecule has 3 rings (SSSR count). The Morgan fingerprint density at radius 1 is 1.39 bits per heavy atom. The van der Waals surface area contributed by atoms with Crippen LogP contribution >= 0.6 is 11.8 Å². The van der Waals surface area contributed by atoms with Crippen molar-refractivity contribution in [3.8, 4) is 6.07 Å². The first kappa shape index (κ1) is 15.8. The van der Waals surface area contributed by atoms with Crippen LogP contribution in [0.25, 0.3) is 0 Å². The van der Waals surface area contributed by atoms with Crippen molar-refractivity contribution in [2.75, 3.05) is 0 Å². The van der Waals surface area contributed by atoms with Gasteiger partial charge in [-0.15, -0.1) is 11.8 Å². The summed E-state index contributed by atoms with van der Waals surface area (Å²) in [6.45, 7) is 3.84. The molecule has 0 saturated carbocycles. The van der Waals surface area contributed by atoms with Gasteiger partial charge in [0.1, 0.15) is 6.04 Å². The summed E-state index contributed by atoms with van der Waals surface area (Å²) in [5.41, 5.74) is 0.634. The normalized spacial score (nSPS) is 29.4. The topological polar surface area (TPSA) is 102 Å². The number of hydrogen-bond donors (Lipinski definition) is 2. The average Bonchev–Trinajstić information content (AvgIpc) is 2.74. The van der Waals surface area contributed by atoms with E-state index < -0.39 is 24.0 Å². The molecule has 1 amide bonds. The second kappa shape index (κ2) is 5.25. The Labute approximate surface area is 137 Å². The van der Waals surface area contributed by atoms with Gasteiger partial charge in [0, 0.05) is 4.75 Å². The number of benzene rings is 1. The van der Waals surface area contributed by atoms with Gasteiger partial charge in [0.05, 0.1) is 29.0 Å².